The molecule has 0 fully saturated rings. The lowest BCUT2D eigenvalue weighted by Crippen LogP contribution is -2.19. The summed E-state index contributed by atoms with van der Waals surface area (Å²) in [6.45, 7) is 0. The van der Waals surface area contributed by atoms with Crippen molar-refractivity contribution >= 4 is 67.6 Å². The minimum absolute atomic E-state index is 0.115. The number of hydrogen-bond acceptors (Lipinski definition) is 4. The predicted molar refractivity (Wildman–Crippen MR) is 127 cm³/mol. The average Bonchev–Trinajstić information content (AvgIpc) is 2.68. The Hall–Kier alpha value is -2.52. The molecule has 156 valence electrons. The first-order chi connectivity index (χ1) is 14.2. The number of benzene rings is 3. The van der Waals surface area contributed by atoms with Gasteiger partial charge >= 0.3 is 0 Å². The van der Waals surface area contributed by atoms with Crippen LogP contribution in [0.4, 0.5) is 17.1 Å². The number of thiocarbonyl (C=S) groups is 1. The molecule has 0 spiro atoms. The van der Waals surface area contributed by atoms with Gasteiger partial charge in [-0.3, -0.25) is 4.72 Å². The number of anilines is 3. The van der Waals surface area contributed by atoms with Gasteiger partial charge in [0.05, 0.1) is 12.0 Å². The van der Waals surface area contributed by atoms with Crippen LogP contribution >= 0.6 is 35.4 Å². The summed E-state index contributed by atoms with van der Waals surface area (Å²) in [4.78, 5) is 0.115. The molecule has 0 atom stereocenters. The van der Waals surface area contributed by atoms with Crippen molar-refractivity contribution in [3.8, 4) is 5.75 Å². The molecule has 30 heavy (non-hydrogen) atoms. The predicted octanol–water partition coefficient (Wildman–Crippen LogP) is 5.61. The number of nitrogens with one attached hydrogen (secondary N) is 3. The first-order valence-corrected chi connectivity index (χ1v) is 11.2. The Morgan fingerprint density at radius 1 is 0.833 bits per heavy atom. The molecule has 0 bridgehead atoms. The summed E-state index contributed by atoms with van der Waals surface area (Å²) in [7, 11) is -2.19. The van der Waals surface area contributed by atoms with E-state index >= 15 is 0 Å². The fourth-order valence-corrected chi connectivity index (χ4v) is 4.33. The molecular formula is C20H17Cl2N3O3S2. The maximum absolute atomic E-state index is 12.6. The Labute approximate surface area is 190 Å². The summed E-state index contributed by atoms with van der Waals surface area (Å²) in [5.74, 6) is 0.637. The Bertz CT molecular complexity index is 1130. The summed E-state index contributed by atoms with van der Waals surface area (Å²) in [6.07, 6.45) is 0. The largest absolute Gasteiger partial charge is 0.497 e. The maximum Gasteiger partial charge on any atom is 0.261 e. The lowest BCUT2D eigenvalue weighted by Gasteiger charge is -2.12. The summed E-state index contributed by atoms with van der Waals surface area (Å²) < 4.78 is 32.7. The molecule has 0 heterocycles. The number of ether oxygens (including phenoxy) is 1. The van der Waals surface area contributed by atoms with Crippen LogP contribution in [-0.2, 0) is 10.0 Å². The SMILES string of the molecule is COc1ccc(NS(=O)(=O)c2ccc(NC(=S)Nc3cc(Cl)cc(Cl)c3)cc2)cc1. The minimum atomic E-state index is -3.73. The zero-order chi connectivity index (χ0) is 21.7. The number of sulfonamides is 1. The lowest BCUT2D eigenvalue weighted by molar-refractivity contribution is 0.415. The van der Waals surface area contributed by atoms with Gasteiger partial charge in [0.1, 0.15) is 5.75 Å². The molecule has 6 nitrogen and oxygen atoms in total. The van der Waals surface area contributed by atoms with Crippen molar-refractivity contribution in [1.29, 1.82) is 0 Å². The van der Waals surface area contributed by atoms with Gasteiger partial charge in [-0.1, -0.05) is 23.2 Å². The van der Waals surface area contributed by atoms with Crippen LogP contribution in [0, 0.1) is 0 Å². The molecule has 0 aromatic heterocycles. The topological polar surface area (TPSA) is 79.5 Å². The molecule has 0 saturated heterocycles. The van der Waals surface area contributed by atoms with Gasteiger partial charge in [-0.15, -0.1) is 0 Å². The Morgan fingerprint density at radius 3 is 1.93 bits per heavy atom. The van der Waals surface area contributed by atoms with Crippen LogP contribution in [0.15, 0.2) is 71.6 Å². The number of methoxy groups -OCH3 is 1. The third-order valence-electron chi connectivity index (χ3n) is 3.89. The van der Waals surface area contributed by atoms with E-state index < -0.39 is 10.0 Å². The second-order valence-electron chi connectivity index (χ2n) is 6.10. The van der Waals surface area contributed by atoms with Gasteiger partial charge in [0.15, 0.2) is 5.11 Å². The van der Waals surface area contributed by atoms with Crippen molar-refractivity contribution in [2.75, 3.05) is 22.5 Å². The van der Waals surface area contributed by atoms with Crippen LogP contribution in [0.3, 0.4) is 0 Å². The van der Waals surface area contributed by atoms with E-state index in [0.29, 0.717) is 38.0 Å². The van der Waals surface area contributed by atoms with Crippen LogP contribution in [0.2, 0.25) is 10.0 Å². The molecule has 3 N–H and O–H groups in total. The Morgan fingerprint density at radius 2 is 1.37 bits per heavy atom. The third kappa shape index (κ3) is 5.99. The van der Waals surface area contributed by atoms with Gasteiger partial charge < -0.3 is 15.4 Å². The molecule has 0 aliphatic heterocycles. The summed E-state index contributed by atoms with van der Waals surface area (Å²) in [6, 6.07) is 17.8. The Balaban J connectivity index is 1.65. The van der Waals surface area contributed by atoms with E-state index in [1.807, 2.05) is 0 Å². The fraction of sp³-hybridized carbons (Fsp3) is 0.0500. The normalized spacial score (nSPS) is 10.9. The molecule has 0 saturated carbocycles. The molecular weight excluding hydrogens is 465 g/mol. The van der Waals surface area contributed by atoms with E-state index in [-0.39, 0.29) is 4.90 Å². The molecule has 10 heteroatoms. The number of rotatable bonds is 6. The average molecular weight is 482 g/mol. The van der Waals surface area contributed by atoms with Gasteiger partial charge in [0.25, 0.3) is 10.0 Å². The molecule has 0 amide bonds. The smallest absolute Gasteiger partial charge is 0.261 e. The van der Waals surface area contributed by atoms with Gasteiger partial charge in [-0.2, -0.15) is 0 Å². The fourth-order valence-electron chi connectivity index (χ4n) is 2.51. The standard InChI is InChI=1S/C20H17Cl2N3O3S2/c1-28-18-6-2-16(3-7-18)25-30(26,27)19-8-4-15(5-9-19)23-20(29)24-17-11-13(21)10-14(22)12-17/h2-12,25H,1H3,(H2,23,24,29). The van der Waals surface area contributed by atoms with E-state index in [4.69, 9.17) is 40.2 Å². The number of halogens is 2. The van der Waals surface area contributed by atoms with Crippen LogP contribution in [0.1, 0.15) is 0 Å². The van der Waals surface area contributed by atoms with Crippen LogP contribution < -0.4 is 20.1 Å². The van der Waals surface area contributed by atoms with Crippen LogP contribution in [0.5, 0.6) is 5.75 Å². The van der Waals surface area contributed by atoms with E-state index in [2.05, 4.69) is 15.4 Å². The molecule has 0 unspecified atom stereocenters. The molecule has 3 rings (SSSR count). The highest BCUT2D eigenvalue weighted by atomic mass is 35.5. The van der Waals surface area contributed by atoms with Crippen molar-refractivity contribution < 1.29 is 13.2 Å². The quantitative estimate of drug-likeness (QED) is 0.397. The van der Waals surface area contributed by atoms with E-state index in [1.54, 1.807) is 61.7 Å². The van der Waals surface area contributed by atoms with Gasteiger partial charge in [-0.25, -0.2) is 8.42 Å². The van der Waals surface area contributed by atoms with Crippen molar-refractivity contribution in [3.63, 3.8) is 0 Å². The molecule has 0 aliphatic carbocycles. The van der Waals surface area contributed by atoms with E-state index in [9.17, 15) is 8.42 Å². The van der Waals surface area contributed by atoms with E-state index in [1.165, 1.54) is 12.1 Å². The maximum atomic E-state index is 12.6. The highest BCUT2D eigenvalue weighted by Crippen LogP contribution is 2.23. The van der Waals surface area contributed by atoms with Crippen LogP contribution in [0.25, 0.3) is 0 Å². The first-order valence-electron chi connectivity index (χ1n) is 8.56. The highest BCUT2D eigenvalue weighted by molar-refractivity contribution is 7.92. The van der Waals surface area contributed by atoms with Gasteiger partial charge in [0, 0.05) is 27.1 Å². The summed E-state index contributed by atoms with van der Waals surface area (Å²) >= 11 is 17.2. The summed E-state index contributed by atoms with van der Waals surface area (Å²) in [5.41, 5.74) is 1.68. The molecule has 3 aromatic carbocycles. The molecule has 3 aromatic rings. The van der Waals surface area contributed by atoms with Crippen molar-refractivity contribution in [1.82, 2.24) is 0 Å². The second-order valence-corrected chi connectivity index (χ2v) is 9.06. The lowest BCUT2D eigenvalue weighted by atomic mass is 10.3. The van der Waals surface area contributed by atoms with Crippen LogP contribution in [-0.4, -0.2) is 20.6 Å². The first kappa shape index (κ1) is 22.2. The molecule has 0 radical (unpaired) electrons. The number of hydrogen-bond donors (Lipinski definition) is 3. The monoisotopic (exact) mass is 481 g/mol. The second kappa shape index (κ2) is 9.53. The van der Waals surface area contributed by atoms with Gasteiger partial charge in [0.2, 0.25) is 0 Å². The Kier molecular flexibility index (Phi) is 7.04. The highest BCUT2D eigenvalue weighted by Gasteiger charge is 2.14. The third-order valence-corrected chi connectivity index (χ3v) is 5.92. The van der Waals surface area contributed by atoms with Gasteiger partial charge in [-0.05, 0) is 78.9 Å². The van der Waals surface area contributed by atoms with Crippen molar-refractivity contribution in [3.05, 3.63) is 76.8 Å². The van der Waals surface area contributed by atoms with Crippen molar-refractivity contribution in [2.24, 2.45) is 0 Å². The zero-order valence-corrected chi connectivity index (χ0v) is 18.8. The van der Waals surface area contributed by atoms with E-state index in [0.717, 1.165) is 0 Å². The minimum Gasteiger partial charge on any atom is -0.497 e. The molecule has 0 aliphatic rings. The summed E-state index contributed by atoms with van der Waals surface area (Å²) in [5, 5.41) is 7.21. The zero-order valence-electron chi connectivity index (χ0n) is 15.6. The van der Waals surface area contributed by atoms with Crippen molar-refractivity contribution in [2.45, 2.75) is 4.90 Å².